The first-order valence-corrected chi connectivity index (χ1v) is 5.46. The SMILES string of the molecule is CC[C@H](C)CCOC(=O)c1ccccc1. The van der Waals surface area contributed by atoms with Gasteiger partial charge in [0, 0.05) is 0 Å². The van der Waals surface area contributed by atoms with Gasteiger partial charge in [-0.15, -0.1) is 0 Å². The van der Waals surface area contributed by atoms with Crippen LogP contribution in [0.25, 0.3) is 0 Å². The van der Waals surface area contributed by atoms with Crippen molar-refractivity contribution >= 4 is 5.97 Å². The molecule has 1 aromatic rings. The summed E-state index contributed by atoms with van der Waals surface area (Å²) >= 11 is 0. The summed E-state index contributed by atoms with van der Waals surface area (Å²) in [5.74, 6) is 0.396. The van der Waals surface area contributed by atoms with E-state index in [2.05, 4.69) is 13.8 Å². The van der Waals surface area contributed by atoms with Gasteiger partial charge in [-0.25, -0.2) is 4.79 Å². The second-order valence-electron chi connectivity index (χ2n) is 3.80. The van der Waals surface area contributed by atoms with Gasteiger partial charge in [-0.3, -0.25) is 0 Å². The maximum absolute atomic E-state index is 11.5. The zero-order valence-corrected chi connectivity index (χ0v) is 9.40. The molecule has 2 heteroatoms. The largest absolute Gasteiger partial charge is 0.462 e. The molecule has 0 heterocycles. The van der Waals surface area contributed by atoms with Crippen molar-refractivity contribution in [1.82, 2.24) is 0 Å². The number of carbonyl (C=O) groups excluding carboxylic acids is 1. The number of ether oxygens (including phenoxy) is 1. The summed E-state index contributed by atoms with van der Waals surface area (Å²) in [6.45, 7) is 4.82. The Morgan fingerprint density at radius 1 is 1.33 bits per heavy atom. The lowest BCUT2D eigenvalue weighted by atomic mass is 10.1. The minimum Gasteiger partial charge on any atom is -0.462 e. The molecular formula is C13H18O2. The van der Waals surface area contributed by atoms with Crippen LogP contribution in [-0.4, -0.2) is 12.6 Å². The molecule has 0 aliphatic rings. The van der Waals surface area contributed by atoms with Crippen molar-refractivity contribution in [2.45, 2.75) is 26.7 Å². The summed E-state index contributed by atoms with van der Waals surface area (Å²) in [4.78, 5) is 11.5. The van der Waals surface area contributed by atoms with Gasteiger partial charge in [0.1, 0.15) is 0 Å². The van der Waals surface area contributed by atoms with E-state index in [1.807, 2.05) is 18.2 Å². The first-order chi connectivity index (χ1) is 7.24. The standard InChI is InChI=1S/C13H18O2/c1-3-11(2)9-10-15-13(14)12-7-5-4-6-8-12/h4-8,11H,3,9-10H2,1-2H3/t11-/m0/s1. The van der Waals surface area contributed by atoms with Crippen molar-refractivity contribution in [1.29, 1.82) is 0 Å². The van der Waals surface area contributed by atoms with Crippen LogP contribution in [0.15, 0.2) is 30.3 Å². The van der Waals surface area contributed by atoms with Gasteiger partial charge >= 0.3 is 5.97 Å². The zero-order valence-electron chi connectivity index (χ0n) is 9.40. The molecule has 0 aliphatic heterocycles. The van der Waals surface area contributed by atoms with Gasteiger partial charge in [0.2, 0.25) is 0 Å². The molecule has 15 heavy (non-hydrogen) atoms. The highest BCUT2D eigenvalue weighted by Crippen LogP contribution is 2.07. The molecule has 2 nitrogen and oxygen atoms in total. The molecule has 0 saturated heterocycles. The number of benzene rings is 1. The predicted octanol–water partition coefficient (Wildman–Crippen LogP) is 3.28. The molecule has 0 N–H and O–H groups in total. The fraction of sp³-hybridized carbons (Fsp3) is 0.462. The smallest absolute Gasteiger partial charge is 0.338 e. The average Bonchev–Trinajstić information content (AvgIpc) is 2.29. The van der Waals surface area contributed by atoms with Crippen LogP contribution in [0.5, 0.6) is 0 Å². The molecule has 1 atom stereocenters. The van der Waals surface area contributed by atoms with Crippen LogP contribution in [0.1, 0.15) is 37.0 Å². The van der Waals surface area contributed by atoms with Crippen LogP contribution in [0, 0.1) is 5.92 Å². The lowest BCUT2D eigenvalue weighted by Crippen LogP contribution is -2.08. The highest BCUT2D eigenvalue weighted by Gasteiger charge is 2.06. The Balaban J connectivity index is 2.31. The van der Waals surface area contributed by atoms with Crippen molar-refractivity contribution in [3.63, 3.8) is 0 Å². The molecular weight excluding hydrogens is 188 g/mol. The molecule has 0 fully saturated rings. The second-order valence-corrected chi connectivity index (χ2v) is 3.80. The Morgan fingerprint density at radius 3 is 2.60 bits per heavy atom. The molecule has 0 bridgehead atoms. The quantitative estimate of drug-likeness (QED) is 0.691. The van der Waals surface area contributed by atoms with E-state index >= 15 is 0 Å². The van der Waals surface area contributed by atoms with Gasteiger partial charge in [-0.2, -0.15) is 0 Å². The maximum Gasteiger partial charge on any atom is 0.338 e. The lowest BCUT2D eigenvalue weighted by Gasteiger charge is -2.08. The summed E-state index contributed by atoms with van der Waals surface area (Å²) in [6.07, 6.45) is 2.07. The Kier molecular flexibility index (Phi) is 4.88. The molecule has 0 amide bonds. The molecule has 0 radical (unpaired) electrons. The Morgan fingerprint density at radius 2 is 2.00 bits per heavy atom. The lowest BCUT2D eigenvalue weighted by molar-refractivity contribution is 0.0485. The van der Waals surface area contributed by atoms with Gasteiger partial charge in [0.15, 0.2) is 0 Å². The van der Waals surface area contributed by atoms with Crippen LogP contribution in [0.2, 0.25) is 0 Å². The first-order valence-electron chi connectivity index (χ1n) is 5.46. The molecule has 0 spiro atoms. The summed E-state index contributed by atoms with van der Waals surface area (Å²) in [5, 5.41) is 0. The Bertz CT molecular complexity index is 293. The predicted molar refractivity (Wildman–Crippen MR) is 60.8 cm³/mol. The summed E-state index contributed by atoms with van der Waals surface area (Å²) in [5.41, 5.74) is 0.627. The third kappa shape index (κ3) is 4.15. The van der Waals surface area contributed by atoms with E-state index in [0.717, 1.165) is 12.8 Å². The fourth-order valence-electron chi connectivity index (χ4n) is 1.21. The molecule has 0 aromatic heterocycles. The molecule has 82 valence electrons. The molecule has 0 aliphatic carbocycles. The monoisotopic (exact) mass is 206 g/mol. The topological polar surface area (TPSA) is 26.3 Å². The van der Waals surface area contributed by atoms with Gasteiger partial charge in [0.05, 0.1) is 12.2 Å². The fourth-order valence-corrected chi connectivity index (χ4v) is 1.21. The van der Waals surface area contributed by atoms with Crippen molar-refractivity contribution in [3.05, 3.63) is 35.9 Å². The van der Waals surface area contributed by atoms with Crippen molar-refractivity contribution in [2.75, 3.05) is 6.61 Å². The van der Waals surface area contributed by atoms with Crippen LogP contribution in [0.4, 0.5) is 0 Å². The van der Waals surface area contributed by atoms with E-state index in [0.29, 0.717) is 18.1 Å². The van der Waals surface area contributed by atoms with Gasteiger partial charge in [-0.1, -0.05) is 38.5 Å². The van der Waals surface area contributed by atoms with Crippen molar-refractivity contribution in [2.24, 2.45) is 5.92 Å². The van der Waals surface area contributed by atoms with E-state index in [4.69, 9.17) is 4.74 Å². The molecule has 0 saturated carbocycles. The number of carbonyl (C=O) groups is 1. The van der Waals surface area contributed by atoms with E-state index < -0.39 is 0 Å². The third-order valence-corrected chi connectivity index (χ3v) is 2.55. The zero-order chi connectivity index (χ0) is 11.1. The van der Waals surface area contributed by atoms with Crippen molar-refractivity contribution < 1.29 is 9.53 Å². The van der Waals surface area contributed by atoms with Gasteiger partial charge in [-0.05, 0) is 24.5 Å². The molecule has 0 unspecified atom stereocenters. The minimum absolute atomic E-state index is 0.223. The number of rotatable bonds is 5. The normalized spacial score (nSPS) is 12.1. The van der Waals surface area contributed by atoms with Gasteiger partial charge in [0.25, 0.3) is 0 Å². The van der Waals surface area contributed by atoms with Crippen LogP contribution in [-0.2, 0) is 4.74 Å². The van der Waals surface area contributed by atoms with E-state index in [9.17, 15) is 4.79 Å². The minimum atomic E-state index is -0.223. The second kappa shape index (κ2) is 6.23. The molecule has 1 aromatic carbocycles. The average molecular weight is 206 g/mol. The van der Waals surface area contributed by atoms with Crippen LogP contribution < -0.4 is 0 Å². The molecule has 1 rings (SSSR count). The van der Waals surface area contributed by atoms with Crippen LogP contribution in [0.3, 0.4) is 0 Å². The Labute approximate surface area is 91.3 Å². The Hall–Kier alpha value is -1.31. The third-order valence-electron chi connectivity index (χ3n) is 2.55. The van der Waals surface area contributed by atoms with E-state index in [1.165, 1.54) is 0 Å². The van der Waals surface area contributed by atoms with Gasteiger partial charge < -0.3 is 4.74 Å². The maximum atomic E-state index is 11.5. The first kappa shape index (κ1) is 11.8. The summed E-state index contributed by atoms with van der Waals surface area (Å²) in [7, 11) is 0. The van der Waals surface area contributed by atoms with E-state index in [-0.39, 0.29) is 5.97 Å². The van der Waals surface area contributed by atoms with Crippen LogP contribution >= 0.6 is 0 Å². The van der Waals surface area contributed by atoms with E-state index in [1.54, 1.807) is 12.1 Å². The van der Waals surface area contributed by atoms with Crippen molar-refractivity contribution in [3.8, 4) is 0 Å². The summed E-state index contributed by atoms with van der Waals surface area (Å²) in [6, 6.07) is 9.10. The number of hydrogen-bond acceptors (Lipinski definition) is 2. The highest BCUT2D eigenvalue weighted by atomic mass is 16.5. The highest BCUT2D eigenvalue weighted by molar-refractivity contribution is 5.89. The summed E-state index contributed by atoms with van der Waals surface area (Å²) < 4.78 is 5.16. The number of esters is 1. The number of hydrogen-bond donors (Lipinski definition) is 0.